The molecule has 1 aliphatic rings. The molecule has 0 atom stereocenters. The van der Waals surface area contributed by atoms with Crippen molar-refractivity contribution in [1.29, 1.82) is 0 Å². The summed E-state index contributed by atoms with van der Waals surface area (Å²) in [6.07, 6.45) is 5.76. The Balaban J connectivity index is 1.96. The van der Waals surface area contributed by atoms with Gasteiger partial charge in [0.2, 0.25) is 0 Å². The Labute approximate surface area is 102 Å². The Morgan fingerprint density at radius 2 is 2.00 bits per heavy atom. The van der Waals surface area contributed by atoms with Crippen LogP contribution < -0.4 is 0 Å². The highest BCUT2D eigenvalue weighted by molar-refractivity contribution is 5.87. The van der Waals surface area contributed by atoms with E-state index in [1.165, 1.54) is 19.3 Å². The molecule has 4 nitrogen and oxygen atoms in total. The number of carbonyl (C=O) groups is 1. The van der Waals surface area contributed by atoms with E-state index in [1.54, 1.807) is 0 Å². The van der Waals surface area contributed by atoms with E-state index in [0.29, 0.717) is 5.69 Å². The van der Waals surface area contributed by atoms with E-state index < -0.39 is 5.97 Å². The van der Waals surface area contributed by atoms with Gasteiger partial charge in [-0.15, -0.1) is 0 Å². The third kappa shape index (κ3) is 2.88. The van der Waals surface area contributed by atoms with Gasteiger partial charge in [0, 0.05) is 19.3 Å². The lowest BCUT2D eigenvalue weighted by Crippen LogP contribution is -2.32. The summed E-state index contributed by atoms with van der Waals surface area (Å²) in [5, 5.41) is 9.14. The number of carboxylic acid groups (broad SMARTS) is 1. The first kappa shape index (κ1) is 12.2. The highest BCUT2D eigenvalue weighted by Gasteiger charge is 2.15. The summed E-state index contributed by atoms with van der Waals surface area (Å²) in [6.45, 7) is 5.88. The molecule has 4 heteroatoms. The summed E-state index contributed by atoms with van der Waals surface area (Å²) in [4.78, 5) is 13.5. The summed E-state index contributed by atoms with van der Waals surface area (Å²) < 4.78 is 1.85. The summed E-state index contributed by atoms with van der Waals surface area (Å²) in [7, 11) is 0. The first-order valence-corrected chi connectivity index (χ1v) is 6.30. The third-order valence-corrected chi connectivity index (χ3v) is 3.47. The molecule has 17 heavy (non-hydrogen) atoms. The van der Waals surface area contributed by atoms with Crippen LogP contribution in [-0.2, 0) is 6.54 Å². The van der Waals surface area contributed by atoms with Crippen LogP contribution in [-0.4, -0.2) is 40.2 Å². The van der Waals surface area contributed by atoms with E-state index in [0.717, 1.165) is 31.7 Å². The van der Waals surface area contributed by atoms with Gasteiger partial charge >= 0.3 is 5.97 Å². The van der Waals surface area contributed by atoms with Crippen molar-refractivity contribution in [3.8, 4) is 0 Å². The largest absolute Gasteiger partial charge is 0.477 e. The second-order valence-electron chi connectivity index (χ2n) is 4.75. The SMILES string of the molecule is Cc1ccn(CCN2CCCCC2)c1C(=O)O. The summed E-state index contributed by atoms with van der Waals surface area (Å²) in [5.74, 6) is -0.828. The zero-order valence-electron chi connectivity index (χ0n) is 10.4. The van der Waals surface area contributed by atoms with Crippen LogP contribution in [0.2, 0.25) is 0 Å². The predicted molar refractivity (Wildman–Crippen MR) is 66.4 cm³/mol. The maximum Gasteiger partial charge on any atom is 0.352 e. The highest BCUT2D eigenvalue weighted by Crippen LogP contribution is 2.12. The van der Waals surface area contributed by atoms with Crippen LogP contribution in [0.5, 0.6) is 0 Å². The quantitative estimate of drug-likeness (QED) is 0.869. The molecule has 1 saturated heterocycles. The second-order valence-corrected chi connectivity index (χ2v) is 4.75. The molecule has 2 rings (SSSR count). The van der Waals surface area contributed by atoms with Crippen molar-refractivity contribution in [2.24, 2.45) is 0 Å². The average molecular weight is 236 g/mol. The van der Waals surface area contributed by atoms with Gasteiger partial charge in [0.25, 0.3) is 0 Å². The lowest BCUT2D eigenvalue weighted by Gasteiger charge is -2.26. The molecule has 1 N–H and O–H groups in total. The molecule has 94 valence electrons. The van der Waals surface area contributed by atoms with Gasteiger partial charge in [0.15, 0.2) is 0 Å². The number of rotatable bonds is 4. The lowest BCUT2D eigenvalue weighted by molar-refractivity contribution is 0.0683. The van der Waals surface area contributed by atoms with Crippen LogP contribution in [0.3, 0.4) is 0 Å². The van der Waals surface area contributed by atoms with Crippen molar-refractivity contribution >= 4 is 5.97 Å². The molecule has 2 heterocycles. The van der Waals surface area contributed by atoms with Crippen molar-refractivity contribution in [1.82, 2.24) is 9.47 Å². The molecule has 1 aromatic heterocycles. The van der Waals surface area contributed by atoms with Gasteiger partial charge in [-0.25, -0.2) is 4.79 Å². The number of nitrogens with zero attached hydrogens (tertiary/aromatic N) is 2. The van der Waals surface area contributed by atoms with Gasteiger partial charge in [-0.3, -0.25) is 0 Å². The Hall–Kier alpha value is -1.29. The van der Waals surface area contributed by atoms with Crippen molar-refractivity contribution in [2.75, 3.05) is 19.6 Å². The Bertz CT molecular complexity index is 392. The van der Waals surface area contributed by atoms with Crippen LogP contribution in [0.15, 0.2) is 12.3 Å². The van der Waals surface area contributed by atoms with Crippen LogP contribution in [0.1, 0.15) is 35.3 Å². The monoisotopic (exact) mass is 236 g/mol. The van der Waals surface area contributed by atoms with E-state index in [9.17, 15) is 4.79 Å². The average Bonchev–Trinajstić information content (AvgIpc) is 2.69. The number of likely N-dealkylation sites (tertiary alicyclic amines) is 1. The smallest absolute Gasteiger partial charge is 0.352 e. The third-order valence-electron chi connectivity index (χ3n) is 3.47. The normalized spacial score (nSPS) is 17.2. The lowest BCUT2D eigenvalue weighted by atomic mass is 10.1. The number of aryl methyl sites for hydroxylation is 1. The van der Waals surface area contributed by atoms with Crippen LogP contribution >= 0.6 is 0 Å². The topological polar surface area (TPSA) is 45.5 Å². The first-order chi connectivity index (χ1) is 8.18. The fraction of sp³-hybridized carbons (Fsp3) is 0.615. The Morgan fingerprint density at radius 1 is 1.29 bits per heavy atom. The first-order valence-electron chi connectivity index (χ1n) is 6.30. The number of hydrogen-bond acceptors (Lipinski definition) is 2. The maximum atomic E-state index is 11.1. The van der Waals surface area contributed by atoms with Crippen molar-refractivity contribution in [3.63, 3.8) is 0 Å². The minimum absolute atomic E-state index is 0.432. The molecule has 0 spiro atoms. The van der Waals surface area contributed by atoms with Gasteiger partial charge in [-0.1, -0.05) is 6.42 Å². The Kier molecular flexibility index (Phi) is 3.84. The molecule has 0 radical (unpaired) electrons. The summed E-state index contributed by atoms with van der Waals surface area (Å²) in [6, 6.07) is 1.87. The number of carboxylic acids is 1. The van der Waals surface area contributed by atoms with Gasteiger partial charge in [-0.2, -0.15) is 0 Å². The predicted octanol–water partition coefficient (Wildman–Crippen LogP) is 1.98. The Morgan fingerprint density at radius 3 is 2.65 bits per heavy atom. The summed E-state index contributed by atoms with van der Waals surface area (Å²) >= 11 is 0. The van der Waals surface area contributed by atoms with E-state index >= 15 is 0 Å². The zero-order chi connectivity index (χ0) is 12.3. The molecule has 0 aromatic carbocycles. The van der Waals surface area contributed by atoms with Crippen LogP contribution in [0.4, 0.5) is 0 Å². The fourth-order valence-electron chi connectivity index (χ4n) is 2.49. The van der Waals surface area contributed by atoms with Crippen LogP contribution in [0, 0.1) is 6.92 Å². The van der Waals surface area contributed by atoms with Crippen molar-refractivity contribution < 1.29 is 9.90 Å². The van der Waals surface area contributed by atoms with E-state index in [1.807, 2.05) is 23.8 Å². The molecule has 0 unspecified atom stereocenters. The highest BCUT2D eigenvalue weighted by atomic mass is 16.4. The number of hydrogen-bond donors (Lipinski definition) is 1. The van der Waals surface area contributed by atoms with E-state index in [2.05, 4.69) is 4.90 Å². The van der Waals surface area contributed by atoms with Gasteiger partial charge in [-0.05, 0) is 44.5 Å². The van der Waals surface area contributed by atoms with Crippen LogP contribution in [0.25, 0.3) is 0 Å². The zero-order valence-corrected chi connectivity index (χ0v) is 10.4. The number of aromatic nitrogens is 1. The minimum Gasteiger partial charge on any atom is -0.477 e. The summed E-state index contributed by atoms with van der Waals surface area (Å²) in [5.41, 5.74) is 1.28. The van der Waals surface area contributed by atoms with Gasteiger partial charge in [0.1, 0.15) is 5.69 Å². The molecule has 1 aliphatic heterocycles. The molecule has 0 bridgehead atoms. The van der Waals surface area contributed by atoms with Crippen molar-refractivity contribution in [3.05, 3.63) is 23.5 Å². The second kappa shape index (κ2) is 5.36. The number of aromatic carboxylic acids is 1. The standard InChI is InChI=1S/C13H20N2O2/c1-11-5-8-15(12(11)13(16)17)10-9-14-6-3-2-4-7-14/h5,8H,2-4,6-7,9-10H2,1H3,(H,16,17). The van der Waals surface area contributed by atoms with E-state index in [4.69, 9.17) is 5.11 Å². The van der Waals surface area contributed by atoms with Gasteiger partial charge in [0.05, 0.1) is 0 Å². The molecular formula is C13H20N2O2. The molecule has 0 saturated carbocycles. The fourth-order valence-corrected chi connectivity index (χ4v) is 2.49. The maximum absolute atomic E-state index is 11.1. The van der Waals surface area contributed by atoms with Crippen molar-refractivity contribution in [2.45, 2.75) is 32.7 Å². The molecule has 0 amide bonds. The molecule has 1 fully saturated rings. The van der Waals surface area contributed by atoms with E-state index in [-0.39, 0.29) is 0 Å². The number of piperidine rings is 1. The molecular weight excluding hydrogens is 216 g/mol. The minimum atomic E-state index is -0.828. The molecule has 1 aromatic rings. The molecule has 0 aliphatic carbocycles. The van der Waals surface area contributed by atoms with Gasteiger partial charge < -0.3 is 14.6 Å².